The fourth-order valence-electron chi connectivity index (χ4n) is 2.03. The van der Waals surface area contributed by atoms with Gasteiger partial charge in [0.1, 0.15) is 0 Å². The predicted molar refractivity (Wildman–Crippen MR) is 73.6 cm³/mol. The lowest BCUT2D eigenvalue weighted by Gasteiger charge is -2.17. The third-order valence-electron chi connectivity index (χ3n) is 2.96. The van der Waals surface area contributed by atoms with Crippen LogP contribution >= 0.6 is 23.2 Å². The molecule has 1 aliphatic heterocycles. The van der Waals surface area contributed by atoms with Gasteiger partial charge in [-0.05, 0) is 25.1 Å². The van der Waals surface area contributed by atoms with Crippen molar-refractivity contribution in [1.29, 1.82) is 0 Å². The summed E-state index contributed by atoms with van der Waals surface area (Å²) in [5, 5.41) is 0.811. The number of ether oxygens (including phenoxy) is 1. The van der Waals surface area contributed by atoms with Gasteiger partial charge in [0.05, 0.1) is 22.6 Å². The first-order chi connectivity index (χ1) is 9.02. The summed E-state index contributed by atoms with van der Waals surface area (Å²) in [4.78, 5) is 25.1. The molecule has 102 valence electrons. The Morgan fingerprint density at radius 3 is 2.79 bits per heavy atom. The number of nitrogens with zero attached hydrogens (tertiary/aromatic N) is 1. The molecule has 1 fully saturated rings. The van der Waals surface area contributed by atoms with Crippen LogP contribution in [0.1, 0.15) is 13.3 Å². The lowest BCUT2D eigenvalue weighted by atomic mass is 10.1. The average Bonchev–Trinajstić information content (AvgIpc) is 2.75. The number of hydrogen-bond donors (Lipinski definition) is 0. The molecule has 1 saturated heterocycles. The summed E-state index contributed by atoms with van der Waals surface area (Å²) in [6.07, 6.45) is 0.166. The Morgan fingerprint density at radius 1 is 1.42 bits per heavy atom. The lowest BCUT2D eigenvalue weighted by Crippen LogP contribution is -2.26. The molecule has 0 spiro atoms. The Kier molecular flexibility index (Phi) is 4.32. The molecule has 1 amide bonds. The zero-order valence-corrected chi connectivity index (χ0v) is 11.9. The Hall–Kier alpha value is -1.26. The molecule has 0 N–H and O–H groups in total. The molecule has 1 aliphatic rings. The number of carbonyl (C=O) groups is 2. The van der Waals surface area contributed by atoms with Crippen LogP contribution in [-0.2, 0) is 14.3 Å². The van der Waals surface area contributed by atoms with Crippen molar-refractivity contribution in [2.24, 2.45) is 5.92 Å². The number of carbonyl (C=O) groups excluding carboxylic acids is 2. The van der Waals surface area contributed by atoms with E-state index in [1.807, 2.05) is 0 Å². The van der Waals surface area contributed by atoms with Crippen LogP contribution in [0.15, 0.2) is 18.2 Å². The van der Waals surface area contributed by atoms with Crippen LogP contribution in [0.5, 0.6) is 0 Å². The summed E-state index contributed by atoms with van der Waals surface area (Å²) in [5.74, 6) is -0.864. The molecule has 1 heterocycles. The summed E-state index contributed by atoms with van der Waals surface area (Å²) in [5.41, 5.74) is 0.645. The van der Waals surface area contributed by atoms with Crippen molar-refractivity contribution in [3.8, 4) is 0 Å². The average molecular weight is 302 g/mol. The van der Waals surface area contributed by atoms with Crippen LogP contribution in [0.3, 0.4) is 0 Å². The van der Waals surface area contributed by atoms with Gasteiger partial charge < -0.3 is 9.64 Å². The molecule has 19 heavy (non-hydrogen) atoms. The molecular formula is C13H13Cl2NO3. The van der Waals surface area contributed by atoms with Crippen LogP contribution < -0.4 is 4.90 Å². The molecular weight excluding hydrogens is 289 g/mol. The van der Waals surface area contributed by atoms with Gasteiger partial charge in [-0.1, -0.05) is 23.2 Å². The van der Waals surface area contributed by atoms with Crippen molar-refractivity contribution in [3.05, 3.63) is 28.2 Å². The Balaban J connectivity index is 2.15. The first-order valence-corrected chi connectivity index (χ1v) is 6.70. The van der Waals surface area contributed by atoms with Crippen molar-refractivity contribution in [2.45, 2.75) is 13.3 Å². The van der Waals surface area contributed by atoms with Gasteiger partial charge in [-0.25, -0.2) is 0 Å². The van der Waals surface area contributed by atoms with Crippen LogP contribution in [-0.4, -0.2) is 25.0 Å². The number of hydrogen-bond acceptors (Lipinski definition) is 3. The molecule has 0 radical (unpaired) electrons. The van der Waals surface area contributed by atoms with Crippen LogP contribution in [0.25, 0.3) is 0 Å². The monoisotopic (exact) mass is 301 g/mol. The fraction of sp³-hybridized carbons (Fsp3) is 0.385. The molecule has 1 atom stereocenters. The van der Waals surface area contributed by atoms with E-state index in [0.717, 1.165) is 0 Å². The van der Waals surface area contributed by atoms with E-state index in [9.17, 15) is 9.59 Å². The van der Waals surface area contributed by atoms with Gasteiger partial charge in [-0.3, -0.25) is 9.59 Å². The molecule has 1 aromatic rings. The van der Waals surface area contributed by atoms with Gasteiger partial charge >= 0.3 is 5.97 Å². The topological polar surface area (TPSA) is 46.6 Å². The van der Waals surface area contributed by atoms with Crippen LogP contribution in [0, 0.1) is 5.92 Å². The largest absolute Gasteiger partial charge is 0.466 e. The van der Waals surface area contributed by atoms with Crippen LogP contribution in [0.4, 0.5) is 5.69 Å². The molecule has 0 saturated carbocycles. The van der Waals surface area contributed by atoms with E-state index in [2.05, 4.69) is 0 Å². The quantitative estimate of drug-likeness (QED) is 0.807. The normalized spacial score (nSPS) is 18.8. The zero-order chi connectivity index (χ0) is 14.0. The summed E-state index contributed by atoms with van der Waals surface area (Å²) in [7, 11) is 0. The third kappa shape index (κ3) is 3.01. The Bertz CT molecular complexity index is 519. The maximum Gasteiger partial charge on any atom is 0.311 e. The van der Waals surface area contributed by atoms with E-state index < -0.39 is 5.92 Å². The van der Waals surface area contributed by atoms with Gasteiger partial charge in [-0.2, -0.15) is 0 Å². The van der Waals surface area contributed by atoms with Gasteiger partial charge in [0.15, 0.2) is 0 Å². The third-order valence-corrected chi connectivity index (χ3v) is 3.70. The highest BCUT2D eigenvalue weighted by atomic mass is 35.5. The molecule has 4 nitrogen and oxygen atoms in total. The van der Waals surface area contributed by atoms with Gasteiger partial charge in [0, 0.05) is 18.7 Å². The Morgan fingerprint density at radius 2 is 2.16 bits per heavy atom. The van der Waals surface area contributed by atoms with E-state index in [-0.39, 0.29) is 18.3 Å². The van der Waals surface area contributed by atoms with Crippen molar-refractivity contribution in [3.63, 3.8) is 0 Å². The predicted octanol–water partition coefficient (Wildman–Crippen LogP) is 2.91. The van der Waals surface area contributed by atoms with Gasteiger partial charge in [0.25, 0.3) is 0 Å². The Labute approximate surface area is 121 Å². The molecule has 0 bridgehead atoms. The van der Waals surface area contributed by atoms with Gasteiger partial charge in [-0.15, -0.1) is 0 Å². The van der Waals surface area contributed by atoms with E-state index >= 15 is 0 Å². The zero-order valence-electron chi connectivity index (χ0n) is 10.4. The first-order valence-electron chi connectivity index (χ1n) is 5.95. The minimum Gasteiger partial charge on any atom is -0.466 e. The number of anilines is 1. The summed E-state index contributed by atoms with van der Waals surface area (Å²) < 4.78 is 4.94. The minimum absolute atomic E-state index is 0.114. The molecule has 1 aromatic carbocycles. The molecule has 2 rings (SSSR count). The number of benzene rings is 1. The second kappa shape index (κ2) is 5.80. The number of halogens is 2. The van der Waals surface area contributed by atoms with E-state index in [0.29, 0.717) is 28.9 Å². The summed E-state index contributed by atoms with van der Waals surface area (Å²) in [6, 6.07) is 4.96. The van der Waals surface area contributed by atoms with Crippen molar-refractivity contribution >= 4 is 40.8 Å². The minimum atomic E-state index is -0.415. The summed E-state index contributed by atoms with van der Waals surface area (Å²) in [6.45, 7) is 2.37. The first kappa shape index (κ1) is 14.2. The van der Waals surface area contributed by atoms with E-state index in [4.69, 9.17) is 27.9 Å². The van der Waals surface area contributed by atoms with Crippen molar-refractivity contribution in [2.75, 3.05) is 18.1 Å². The molecule has 1 unspecified atom stereocenters. The maximum atomic E-state index is 11.9. The van der Waals surface area contributed by atoms with Crippen molar-refractivity contribution in [1.82, 2.24) is 0 Å². The number of rotatable bonds is 3. The van der Waals surface area contributed by atoms with E-state index in [1.165, 1.54) is 4.90 Å². The molecule has 6 heteroatoms. The highest BCUT2D eigenvalue weighted by Crippen LogP contribution is 2.31. The second-order valence-electron chi connectivity index (χ2n) is 4.26. The summed E-state index contributed by atoms with van der Waals surface area (Å²) >= 11 is 11.8. The van der Waals surface area contributed by atoms with Crippen molar-refractivity contribution < 1.29 is 14.3 Å². The van der Waals surface area contributed by atoms with E-state index in [1.54, 1.807) is 25.1 Å². The SMILES string of the molecule is CCOC(=O)C1CC(=O)N(c2ccc(Cl)c(Cl)c2)C1. The molecule has 0 aliphatic carbocycles. The molecule has 0 aromatic heterocycles. The standard InChI is InChI=1S/C13H13Cl2NO3/c1-2-19-13(18)8-5-12(17)16(7-8)9-3-4-10(14)11(15)6-9/h3-4,6,8H,2,5,7H2,1H3. The smallest absolute Gasteiger partial charge is 0.311 e. The van der Waals surface area contributed by atoms with Gasteiger partial charge in [0.2, 0.25) is 5.91 Å². The fourth-order valence-corrected chi connectivity index (χ4v) is 2.32. The maximum absolute atomic E-state index is 11.9. The highest BCUT2D eigenvalue weighted by molar-refractivity contribution is 6.42. The lowest BCUT2D eigenvalue weighted by molar-refractivity contribution is -0.147. The highest BCUT2D eigenvalue weighted by Gasteiger charge is 2.36. The van der Waals surface area contributed by atoms with Crippen LogP contribution in [0.2, 0.25) is 10.0 Å². The second-order valence-corrected chi connectivity index (χ2v) is 5.07. The number of esters is 1. The number of amides is 1.